The molecule has 8 nitrogen and oxygen atoms in total. The van der Waals surface area contributed by atoms with Crippen LogP contribution in [0.4, 0.5) is 5.69 Å². The molecule has 10 heteroatoms. The summed E-state index contributed by atoms with van der Waals surface area (Å²) < 4.78 is 40.5. The summed E-state index contributed by atoms with van der Waals surface area (Å²) in [5, 5.41) is 4.41. The van der Waals surface area contributed by atoms with E-state index >= 15 is 0 Å². The van der Waals surface area contributed by atoms with Gasteiger partial charge in [-0.3, -0.25) is 4.72 Å². The number of hydrogen-bond acceptors (Lipinski definition) is 6. The van der Waals surface area contributed by atoms with Gasteiger partial charge in [0.05, 0.1) is 16.3 Å². The highest BCUT2D eigenvalue weighted by Gasteiger charge is 2.21. The smallest absolute Gasteiger partial charge is 0.262 e. The van der Waals surface area contributed by atoms with E-state index < -0.39 is 10.0 Å². The van der Waals surface area contributed by atoms with Crippen LogP contribution in [0.15, 0.2) is 53.9 Å². The number of fused-ring (bicyclic) bond motifs is 1. The Morgan fingerprint density at radius 1 is 1.08 bits per heavy atom. The van der Waals surface area contributed by atoms with Crippen molar-refractivity contribution in [2.24, 2.45) is 0 Å². The van der Waals surface area contributed by atoms with Crippen molar-refractivity contribution in [2.75, 3.05) is 17.9 Å². The number of aromatic nitrogens is 3. The topological polar surface area (TPSA) is 95.3 Å². The van der Waals surface area contributed by atoms with Gasteiger partial charge in [0.2, 0.25) is 0 Å². The van der Waals surface area contributed by atoms with Crippen LogP contribution in [0.2, 0.25) is 5.02 Å². The highest BCUT2D eigenvalue weighted by atomic mass is 35.5. The fraction of sp³-hybridized carbons (Fsp3) is 0.125. The number of anilines is 1. The maximum absolute atomic E-state index is 12.8. The van der Waals surface area contributed by atoms with Crippen molar-refractivity contribution >= 4 is 27.3 Å². The minimum Gasteiger partial charge on any atom is -0.486 e. The van der Waals surface area contributed by atoms with E-state index in [4.69, 9.17) is 21.1 Å². The van der Waals surface area contributed by atoms with Gasteiger partial charge in [-0.05, 0) is 30.3 Å². The zero-order chi connectivity index (χ0) is 18.1. The molecule has 1 N–H and O–H groups in total. The van der Waals surface area contributed by atoms with Crippen molar-refractivity contribution in [1.82, 2.24) is 14.8 Å². The van der Waals surface area contributed by atoms with Gasteiger partial charge in [0.15, 0.2) is 11.5 Å². The first-order chi connectivity index (χ1) is 12.5. The van der Waals surface area contributed by atoms with Crippen LogP contribution in [0, 0.1) is 0 Å². The molecular formula is C16H13ClN4O4S. The third kappa shape index (κ3) is 3.18. The summed E-state index contributed by atoms with van der Waals surface area (Å²) in [6.07, 6.45) is 2.82. The second kappa shape index (κ2) is 6.50. The third-order valence-corrected chi connectivity index (χ3v) is 5.29. The number of nitrogens with one attached hydrogen (secondary N) is 1. The van der Waals surface area contributed by atoms with E-state index in [1.165, 1.54) is 35.5 Å². The monoisotopic (exact) mass is 392 g/mol. The molecule has 134 valence electrons. The largest absolute Gasteiger partial charge is 0.486 e. The van der Waals surface area contributed by atoms with Crippen molar-refractivity contribution in [2.45, 2.75) is 4.90 Å². The summed E-state index contributed by atoms with van der Waals surface area (Å²) >= 11 is 6.03. The number of sulfonamides is 1. The molecule has 0 radical (unpaired) electrons. The number of nitrogens with zero attached hydrogens (tertiary/aromatic N) is 3. The van der Waals surface area contributed by atoms with Crippen molar-refractivity contribution in [1.29, 1.82) is 0 Å². The maximum Gasteiger partial charge on any atom is 0.262 e. The lowest BCUT2D eigenvalue weighted by Gasteiger charge is -2.19. The fourth-order valence-corrected chi connectivity index (χ4v) is 3.77. The van der Waals surface area contributed by atoms with Crippen molar-refractivity contribution in [3.8, 4) is 17.2 Å². The summed E-state index contributed by atoms with van der Waals surface area (Å²) in [4.78, 5) is 3.92. The third-order valence-electron chi connectivity index (χ3n) is 3.69. The second-order valence-corrected chi connectivity index (χ2v) is 7.53. The zero-order valence-electron chi connectivity index (χ0n) is 13.3. The molecule has 0 aliphatic carbocycles. The standard InChI is InChI=1S/C16H13ClN4O4S/c17-11-1-3-14(21-10-18-9-19-21)13(7-11)20-26(22,23)12-2-4-15-16(8-12)25-6-5-24-15/h1-4,7-10,20H,5-6H2. The molecule has 0 saturated carbocycles. The Hall–Kier alpha value is -2.78. The van der Waals surface area contributed by atoms with E-state index in [0.717, 1.165) is 0 Å². The molecule has 1 aromatic heterocycles. The van der Waals surface area contributed by atoms with E-state index in [-0.39, 0.29) is 10.6 Å². The van der Waals surface area contributed by atoms with Crippen LogP contribution in [0.25, 0.3) is 5.69 Å². The summed E-state index contributed by atoms with van der Waals surface area (Å²) in [5.74, 6) is 0.906. The fourth-order valence-electron chi connectivity index (χ4n) is 2.52. The quantitative estimate of drug-likeness (QED) is 0.732. The van der Waals surface area contributed by atoms with Crippen LogP contribution in [0.1, 0.15) is 0 Å². The molecule has 0 spiro atoms. The van der Waals surface area contributed by atoms with Crippen molar-refractivity contribution in [3.05, 3.63) is 54.1 Å². The number of halogens is 1. The Bertz CT molecular complexity index is 1050. The van der Waals surface area contributed by atoms with Crippen molar-refractivity contribution < 1.29 is 17.9 Å². The van der Waals surface area contributed by atoms with Gasteiger partial charge in [-0.2, -0.15) is 5.10 Å². The molecule has 0 amide bonds. The van der Waals surface area contributed by atoms with Crippen LogP contribution >= 0.6 is 11.6 Å². The van der Waals surface area contributed by atoms with E-state index in [0.29, 0.717) is 35.4 Å². The first-order valence-electron chi connectivity index (χ1n) is 7.60. The first-order valence-corrected chi connectivity index (χ1v) is 9.46. The van der Waals surface area contributed by atoms with Crippen LogP contribution in [-0.2, 0) is 10.0 Å². The number of hydrogen-bond donors (Lipinski definition) is 1. The molecule has 26 heavy (non-hydrogen) atoms. The minimum atomic E-state index is -3.88. The molecule has 0 unspecified atom stereocenters. The average molecular weight is 393 g/mol. The lowest BCUT2D eigenvalue weighted by atomic mass is 10.3. The molecule has 2 aromatic carbocycles. The van der Waals surface area contributed by atoms with E-state index in [1.807, 2.05) is 0 Å². The number of benzene rings is 2. The maximum atomic E-state index is 12.8. The molecule has 1 aliphatic heterocycles. The second-order valence-electron chi connectivity index (χ2n) is 5.41. The lowest BCUT2D eigenvalue weighted by molar-refractivity contribution is 0.171. The average Bonchev–Trinajstić information content (AvgIpc) is 3.15. The van der Waals surface area contributed by atoms with Crippen LogP contribution in [0.5, 0.6) is 11.5 Å². The Morgan fingerprint density at radius 2 is 1.88 bits per heavy atom. The van der Waals surface area contributed by atoms with Gasteiger partial charge >= 0.3 is 0 Å². The number of rotatable bonds is 4. The molecular weight excluding hydrogens is 380 g/mol. The Balaban J connectivity index is 1.72. The SMILES string of the molecule is O=S(=O)(Nc1cc(Cl)ccc1-n1cncn1)c1ccc2c(c1)OCCO2. The van der Waals surface area contributed by atoms with E-state index in [9.17, 15) is 8.42 Å². The van der Waals surface area contributed by atoms with Gasteiger partial charge in [-0.1, -0.05) is 11.6 Å². The first kappa shape index (κ1) is 16.7. The summed E-state index contributed by atoms with van der Waals surface area (Å²) in [5.41, 5.74) is 0.769. The Kier molecular flexibility index (Phi) is 4.17. The lowest BCUT2D eigenvalue weighted by Crippen LogP contribution is -2.18. The molecule has 0 bridgehead atoms. The summed E-state index contributed by atoms with van der Waals surface area (Å²) in [7, 11) is -3.88. The van der Waals surface area contributed by atoms with E-state index in [1.54, 1.807) is 18.2 Å². The molecule has 2 heterocycles. The predicted molar refractivity (Wildman–Crippen MR) is 94.6 cm³/mol. The van der Waals surface area contributed by atoms with Gasteiger partial charge in [-0.25, -0.2) is 18.1 Å². The van der Waals surface area contributed by atoms with Gasteiger partial charge in [0, 0.05) is 11.1 Å². The predicted octanol–water partition coefficient (Wildman–Crippen LogP) is 2.49. The normalized spacial score (nSPS) is 13.4. The highest BCUT2D eigenvalue weighted by Crippen LogP contribution is 2.33. The van der Waals surface area contributed by atoms with Gasteiger partial charge < -0.3 is 9.47 Å². The molecule has 0 atom stereocenters. The number of ether oxygens (including phenoxy) is 2. The van der Waals surface area contributed by atoms with Gasteiger partial charge in [0.25, 0.3) is 10.0 Å². The van der Waals surface area contributed by atoms with Gasteiger partial charge in [-0.15, -0.1) is 0 Å². The summed E-state index contributed by atoms with van der Waals surface area (Å²) in [6, 6.07) is 9.25. The molecule has 1 aliphatic rings. The molecule has 4 rings (SSSR count). The van der Waals surface area contributed by atoms with Crippen LogP contribution < -0.4 is 14.2 Å². The molecule has 3 aromatic rings. The molecule has 0 fully saturated rings. The Labute approximate surface area is 154 Å². The highest BCUT2D eigenvalue weighted by molar-refractivity contribution is 7.92. The van der Waals surface area contributed by atoms with E-state index in [2.05, 4.69) is 14.8 Å². The minimum absolute atomic E-state index is 0.0475. The summed E-state index contributed by atoms with van der Waals surface area (Å²) in [6.45, 7) is 0.801. The van der Waals surface area contributed by atoms with Crippen molar-refractivity contribution in [3.63, 3.8) is 0 Å². The van der Waals surface area contributed by atoms with Crippen LogP contribution in [-0.4, -0.2) is 36.4 Å². The van der Waals surface area contributed by atoms with Crippen LogP contribution in [0.3, 0.4) is 0 Å². The Morgan fingerprint density at radius 3 is 2.65 bits per heavy atom. The van der Waals surface area contributed by atoms with Gasteiger partial charge in [0.1, 0.15) is 25.9 Å². The zero-order valence-corrected chi connectivity index (χ0v) is 14.9. The molecule has 0 saturated heterocycles.